The highest BCUT2D eigenvalue weighted by Gasteiger charge is 2.22. The zero-order valence-corrected chi connectivity index (χ0v) is 24.5. The van der Waals surface area contributed by atoms with Crippen molar-refractivity contribution in [3.63, 3.8) is 0 Å². The van der Waals surface area contributed by atoms with Gasteiger partial charge in [-0.05, 0) is 74.0 Å². The summed E-state index contributed by atoms with van der Waals surface area (Å²) in [7, 11) is 0. The van der Waals surface area contributed by atoms with Crippen LogP contribution in [0.1, 0.15) is 61.3 Å². The number of nitriles is 1. The molecule has 0 saturated carbocycles. The van der Waals surface area contributed by atoms with E-state index in [0.717, 1.165) is 42.8 Å². The molecule has 0 fully saturated rings. The van der Waals surface area contributed by atoms with Crippen molar-refractivity contribution in [1.82, 2.24) is 9.55 Å². The van der Waals surface area contributed by atoms with Gasteiger partial charge in [0.05, 0.1) is 47.3 Å². The number of aromatic nitrogens is 2. The number of hydrogen-bond donors (Lipinski definition) is 1. The number of ether oxygens (including phenoxy) is 1. The molecule has 0 aliphatic heterocycles. The summed E-state index contributed by atoms with van der Waals surface area (Å²) in [6.07, 6.45) is 3.11. The van der Waals surface area contributed by atoms with Gasteiger partial charge in [-0.1, -0.05) is 31.4 Å². The van der Waals surface area contributed by atoms with Crippen molar-refractivity contribution in [2.75, 3.05) is 23.4 Å². The van der Waals surface area contributed by atoms with Crippen LogP contribution in [0.2, 0.25) is 5.02 Å². The first-order valence-electron chi connectivity index (χ1n) is 14.0. The fourth-order valence-electron chi connectivity index (χ4n) is 4.65. The molecule has 1 heterocycles. The van der Waals surface area contributed by atoms with Gasteiger partial charge in [0.2, 0.25) is 0 Å². The first kappa shape index (κ1) is 30.5. The third-order valence-electron chi connectivity index (χ3n) is 6.83. The van der Waals surface area contributed by atoms with Crippen LogP contribution in [0.15, 0.2) is 60.7 Å². The van der Waals surface area contributed by atoms with Crippen molar-refractivity contribution >= 4 is 45.9 Å². The molecule has 1 amide bonds. The Morgan fingerprint density at radius 2 is 1.88 bits per heavy atom. The van der Waals surface area contributed by atoms with Crippen LogP contribution in [-0.4, -0.2) is 34.6 Å². The molecular weight excluding hydrogens is 557 g/mol. The van der Waals surface area contributed by atoms with Crippen LogP contribution in [0.25, 0.3) is 11.0 Å². The zero-order valence-electron chi connectivity index (χ0n) is 23.7. The van der Waals surface area contributed by atoms with Gasteiger partial charge in [-0.3, -0.25) is 9.59 Å². The fourth-order valence-corrected chi connectivity index (χ4v) is 4.83. The molecular formula is C32H33ClFN5O3. The summed E-state index contributed by atoms with van der Waals surface area (Å²) in [6, 6.07) is 18.7. The van der Waals surface area contributed by atoms with Gasteiger partial charge in [0.25, 0.3) is 5.91 Å². The zero-order chi connectivity index (χ0) is 30.1. The average Bonchev–Trinajstić information content (AvgIpc) is 3.34. The number of unbranched alkanes of at least 4 members (excludes halogenated alkanes) is 2. The minimum Gasteiger partial charge on any atom is -0.466 e. The predicted molar refractivity (Wildman–Crippen MR) is 162 cm³/mol. The third-order valence-corrected chi connectivity index (χ3v) is 7.12. The maximum atomic E-state index is 13.9. The average molecular weight is 590 g/mol. The number of imidazole rings is 1. The van der Waals surface area contributed by atoms with Crippen LogP contribution in [0.5, 0.6) is 0 Å². The molecule has 4 aromatic rings. The molecule has 0 spiro atoms. The highest BCUT2D eigenvalue weighted by molar-refractivity contribution is 6.31. The lowest BCUT2D eigenvalue weighted by molar-refractivity contribution is -0.142. The number of amides is 1. The van der Waals surface area contributed by atoms with Crippen LogP contribution in [-0.2, 0) is 22.6 Å². The van der Waals surface area contributed by atoms with Gasteiger partial charge in [-0.2, -0.15) is 5.26 Å². The van der Waals surface area contributed by atoms with Gasteiger partial charge in [0, 0.05) is 30.0 Å². The number of benzene rings is 3. The smallest absolute Gasteiger partial charge is 0.307 e. The van der Waals surface area contributed by atoms with Gasteiger partial charge in [0.15, 0.2) is 0 Å². The number of anilines is 2. The van der Waals surface area contributed by atoms with Crippen LogP contribution >= 0.6 is 11.6 Å². The van der Waals surface area contributed by atoms with Crippen molar-refractivity contribution in [2.24, 2.45) is 0 Å². The number of esters is 1. The molecule has 3 aromatic carbocycles. The Kier molecular flexibility index (Phi) is 10.5. The van der Waals surface area contributed by atoms with Crippen LogP contribution < -0.4 is 10.2 Å². The second kappa shape index (κ2) is 14.5. The Labute approximate surface area is 249 Å². The van der Waals surface area contributed by atoms with E-state index in [1.165, 1.54) is 23.1 Å². The minimum atomic E-state index is -0.601. The van der Waals surface area contributed by atoms with E-state index in [9.17, 15) is 14.0 Å². The molecule has 0 atom stereocenters. The number of aryl methyl sites for hydroxylation is 1. The second-order valence-electron chi connectivity index (χ2n) is 9.74. The lowest BCUT2D eigenvalue weighted by Gasteiger charge is -2.23. The summed E-state index contributed by atoms with van der Waals surface area (Å²) in [4.78, 5) is 32.2. The number of halogens is 2. The summed E-state index contributed by atoms with van der Waals surface area (Å²) in [5.74, 6) is -0.596. The van der Waals surface area contributed by atoms with E-state index in [2.05, 4.69) is 22.9 Å². The molecule has 0 aliphatic carbocycles. The standard InChI is InChI=1S/C32H33ClFN5O3/c1-3-5-6-16-39-29-14-9-23(18-28(29)37-30(39)21-36-24-10-7-22(20-35)8-11-24)32(41)38(17-15-31(40)42-4-2)25-12-13-27(34)26(33)19-25/h7-14,18-19,36H,3-6,15-17,21H2,1-2H3. The van der Waals surface area contributed by atoms with Crippen molar-refractivity contribution < 1.29 is 18.7 Å². The van der Waals surface area contributed by atoms with Gasteiger partial charge >= 0.3 is 5.97 Å². The molecule has 0 unspecified atom stereocenters. The Morgan fingerprint density at radius 3 is 2.57 bits per heavy atom. The maximum absolute atomic E-state index is 13.9. The number of carbonyl (C=O) groups excluding carboxylic acids is 2. The molecule has 1 N–H and O–H groups in total. The van der Waals surface area contributed by atoms with E-state index in [-0.39, 0.29) is 30.5 Å². The predicted octanol–water partition coefficient (Wildman–Crippen LogP) is 7.10. The number of fused-ring (bicyclic) bond motifs is 1. The normalized spacial score (nSPS) is 10.8. The number of rotatable bonds is 13. The molecule has 4 rings (SSSR count). The fraction of sp³-hybridized carbons (Fsp3) is 0.312. The summed E-state index contributed by atoms with van der Waals surface area (Å²) in [6.45, 7) is 5.36. The molecule has 0 aliphatic rings. The SMILES string of the molecule is CCCCCn1c(CNc2ccc(C#N)cc2)nc2cc(C(=O)N(CCC(=O)OCC)c3ccc(F)c(Cl)c3)ccc21. The van der Waals surface area contributed by atoms with Crippen molar-refractivity contribution in [2.45, 2.75) is 52.6 Å². The van der Waals surface area contributed by atoms with Crippen LogP contribution in [0.3, 0.4) is 0 Å². The van der Waals surface area contributed by atoms with Crippen LogP contribution in [0.4, 0.5) is 15.8 Å². The molecule has 42 heavy (non-hydrogen) atoms. The largest absolute Gasteiger partial charge is 0.466 e. The lowest BCUT2D eigenvalue weighted by Crippen LogP contribution is -2.33. The Balaban J connectivity index is 1.65. The van der Waals surface area contributed by atoms with E-state index < -0.39 is 11.8 Å². The van der Waals surface area contributed by atoms with Crippen molar-refractivity contribution in [3.8, 4) is 6.07 Å². The Bertz CT molecular complexity index is 1600. The first-order chi connectivity index (χ1) is 20.3. The molecule has 1 aromatic heterocycles. The molecule has 0 saturated heterocycles. The van der Waals surface area contributed by atoms with Gasteiger partial charge < -0.3 is 19.5 Å². The maximum Gasteiger partial charge on any atom is 0.307 e. The van der Waals surface area contributed by atoms with E-state index in [0.29, 0.717) is 28.9 Å². The topological polar surface area (TPSA) is 100 Å². The first-order valence-corrected chi connectivity index (χ1v) is 14.4. The summed E-state index contributed by atoms with van der Waals surface area (Å²) >= 11 is 6.02. The molecule has 218 valence electrons. The number of carbonyl (C=O) groups is 2. The van der Waals surface area contributed by atoms with Crippen molar-refractivity contribution in [3.05, 3.63) is 88.5 Å². The molecule has 8 nitrogen and oxygen atoms in total. The van der Waals surface area contributed by atoms with Crippen molar-refractivity contribution in [1.29, 1.82) is 5.26 Å². The van der Waals surface area contributed by atoms with E-state index in [1.807, 2.05) is 18.2 Å². The van der Waals surface area contributed by atoms with E-state index >= 15 is 0 Å². The summed E-state index contributed by atoms with van der Waals surface area (Å²) < 4.78 is 21.1. The highest BCUT2D eigenvalue weighted by Crippen LogP contribution is 2.26. The number of nitrogens with zero attached hydrogens (tertiary/aromatic N) is 4. The summed E-state index contributed by atoms with van der Waals surface area (Å²) in [5.41, 5.74) is 3.76. The monoisotopic (exact) mass is 589 g/mol. The van der Waals surface area contributed by atoms with Gasteiger partial charge in [-0.25, -0.2) is 9.37 Å². The van der Waals surface area contributed by atoms with Crippen LogP contribution in [0, 0.1) is 17.1 Å². The van der Waals surface area contributed by atoms with Gasteiger partial charge in [0.1, 0.15) is 11.6 Å². The molecule has 10 heteroatoms. The lowest BCUT2D eigenvalue weighted by atomic mass is 10.1. The molecule has 0 radical (unpaired) electrons. The second-order valence-corrected chi connectivity index (χ2v) is 10.2. The minimum absolute atomic E-state index is 0.0306. The molecule has 0 bridgehead atoms. The van der Waals surface area contributed by atoms with Gasteiger partial charge in [-0.15, -0.1) is 0 Å². The number of nitrogens with one attached hydrogen (secondary N) is 1. The Morgan fingerprint density at radius 1 is 1.10 bits per heavy atom. The van der Waals surface area contributed by atoms with E-state index in [1.54, 1.807) is 31.2 Å². The highest BCUT2D eigenvalue weighted by atomic mass is 35.5. The quantitative estimate of drug-likeness (QED) is 0.132. The third kappa shape index (κ3) is 7.45. The number of hydrogen-bond acceptors (Lipinski definition) is 6. The Hall–Kier alpha value is -4.42. The summed E-state index contributed by atoms with van der Waals surface area (Å²) in [5, 5.41) is 12.3. The van der Waals surface area contributed by atoms with E-state index in [4.69, 9.17) is 26.6 Å².